The molecule has 0 atom stereocenters. The van der Waals surface area contributed by atoms with Gasteiger partial charge in [-0.3, -0.25) is 14.3 Å². The molecule has 0 aliphatic rings. The Bertz CT molecular complexity index is 471. The van der Waals surface area contributed by atoms with Crippen LogP contribution in [-0.2, 0) is 10.3 Å². The molecule has 0 radical (unpaired) electrons. The minimum Gasteiger partial charge on any atom is -0.355 e. The Kier molecular flexibility index (Phi) is 4.69. The Balaban J connectivity index is 2.71. The summed E-state index contributed by atoms with van der Waals surface area (Å²) < 4.78 is 1.80. The summed E-state index contributed by atoms with van der Waals surface area (Å²) in [6.45, 7) is 10.3. The summed E-state index contributed by atoms with van der Waals surface area (Å²) in [4.78, 5) is 23.1. The van der Waals surface area contributed by atoms with Gasteiger partial charge in [0, 0.05) is 12.2 Å². The normalized spacial score (nSPS) is 11.2. The highest BCUT2D eigenvalue weighted by molar-refractivity contribution is 5.94. The third-order valence-corrected chi connectivity index (χ3v) is 2.54. The Morgan fingerprint density at radius 3 is 2.42 bits per heavy atom. The van der Waals surface area contributed by atoms with Crippen molar-refractivity contribution >= 4 is 11.8 Å². The number of likely N-dealkylation sites (N-methyl/N-ethyl adjacent to an activating group) is 1. The standard InChI is InChI=1S/C13H22N4O2/c1-6-14-11(18)8-15-12(19)10-7-9(2)17(16-10)13(3,4)5/h7H,6,8H2,1-5H3,(H,14,18)(H,15,19). The highest BCUT2D eigenvalue weighted by atomic mass is 16.2. The summed E-state index contributed by atoms with van der Waals surface area (Å²) in [6, 6.07) is 1.72. The quantitative estimate of drug-likeness (QED) is 0.847. The van der Waals surface area contributed by atoms with Gasteiger partial charge in [-0.25, -0.2) is 0 Å². The third-order valence-electron chi connectivity index (χ3n) is 2.54. The van der Waals surface area contributed by atoms with Crippen molar-refractivity contribution in [1.82, 2.24) is 20.4 Å². The maximum Gasteiger partial charge on any atom is 0.272 e. The van der Waals surface area contributed by atoms with Gasteiger partial charge in [0.25, 0.3) is 5.91 Å². The van der Waals surface area contributed by atoms with E-state index in [1.807, 2.05) is 34.6 Å². The Hall–Kier alpha value is -1.85. The molecule has 0 bridgehead atoms. The molecule has 1 aromatic heterocycles. The van der Waals surface area contributed by atoms with Crippen molar-refractivity contribution in [1.29, 1.82) is 0 Å². The molecule has 0 saturated carbocycles. The number of rotatable bonds is 4. The molecule has 0 aliphatic heterocycles. The van der Waals surface area contributed by atoms with E-state index in [9.17, 15) is 9.59 Å². The average Bonchev–Trinajstić information content (AvgIpc) is 2.68. The van der Waals surface area contributed by atoms with Crippen LogP contribution in [0.4, 0.5) is 0 Å². The maximum absolute atomic E-state index is 11.9. The van der Waals surface area contributed by atoms with Crippen molar-refractivity contribution in [2.45, 2.75) is 40.2 Å². The van der Waals surface area contributed by atoms with Crippen molar-refractivity contribution < 1.29 is 9.59 Å². The summed E-state index contributed by atoms with van der Waals surface area (Å²) >= 11 is 0. The first-order chi connectivity index (χ1) is 8.75. The fraction of sp³-hybridized carbons (Fsp3) is 0.615. The molecule has 0 saturated heterocycles. The van der Waals surface area contributed by atoms with Gasteiger partial charge in [-0.1, -0.05) is 0 Å². The van der Waals surface area contributed by atoms with Gasteiger partial charge in [0.15, 0.2) is 0 Å². The largest absolute Gasteiger partial charge is 0.355 e. The molecule has 6 nitrogen and oxygen atoms in total. The smallest absolute Gasteiger partial charge is 0.272 e. The van der Waals surface area contributed by atoms with Gasteiger partial charge in [0.1, 0.15) is 5.69 Å². The second-order valence-corrected chi connectivity index (χ2v) is 5.39. The van der Waals surface area contributed by atoms with Crippen LogP contribution in [0.2, 0.25) is 0 Å². The molecule has 0 fully saturated rings. The lowest BCUT2D eigenvalue weighted by Gasteiger charge is -2.21. The second-order valence-electron chi connectivity index (χ2n) is 5.39. The molecule has 1 heterocycles. The average molecular weight is 266 g/mol. The summed E-state index contributed by atoms with van der Waals surface area (Å²) in [5.74, 6) is -0.542. The lowest BCUT2D eigenvalue weighted by Crippen LogP contribution is -2.37. The van der Waals surface area contributed by atoms with E-state index in [4.69, 9.17) is 0 Å². The summed E-state index contributed by atoms with van der Waals surface area (Å²) in [7, 11) is 0. The molecule has 1 rings (SSSR count). The van der Waals surface area contributed by atoms with E-state index in [0.717, 1.165) is 5.69 Å². The predicted molar refractivity (Wildman–Crippen MR) is 73.0 cm³/mol. The van der Waals surface area contributed by atoms with Crippen LogP contribution in [0.25, 0.3) is 0 Å². The van der Waals surface area contributed by atoms with E-state index in [2.05, 4.69) is 15.7 Å². The highest BCUT2D eigenvalue weighted by Crippen LogP contribution is 2.16. The Morgan fingerprint density at radius 2 is 1.95 bits per heavy atom. The first-order valence-electron chi connectivity index (χ1n) is 6.37. The third kappa shape index (κ3) is 4.08. The molecule has 106 valence electrons. The number of hydrogen-bond donors (Lipinski definition) is 2. The van der Waals surface area contributed by atoms with Crippen LogP contribution < -0.4 is 10.6 Å². The predicted octanol–water partition coefficient (Wildman–Crippen LogP) is 0.812. The molecule has 6 heteroatoms. The molecule has 1 aromatic rings. The second kappa shape index (κ2) is 5.86. The van der Waals surface area contributed by atoms with Gasteiger partial charge in [-0.15, -0.1) is 0 Å². The van der Waals surface area contributed by atoms with Crippen LogP contribution in [0, 0.1) is 6.92 Å². The van der Waals surface area contributed by atoms with Crippen LogP contribution in [0.1, 0.15) is 43.9 Å². The first-order valence-corrected chi connectivity index (χ1v) is 6.37. The molecule has 2 N–H and O–H groups in total. The van der Waals surface area contributed by atoms with Crippen LogP contribution in [0.5, 0.6) is 0 Å². The Morgan fingerprint density at radius 1 is 1.32 bits per heavy atom. The van der Waals surface area contributed by atoms with Crippen molar-refractivity contribution in [3.63, 3.8) is 0 Å². The fourth-order valence-corrected chi connectivity index (χ4v) is 1.78. The molecule has 2 amide bonds. The summed E-state index contributed by atoms with van der Waals surface area (Å²) in [6.07, 6.45) is 0. The van der Waals surface area contributed by atoms with Gasteiger partial charge >= 0.3 is 0 Å². The molecule has 19 heavy (non-hydrogen) atoms. The molecule has 0 aliphatic carbocycles. The Labute approximate surface area is 113 Å². The molecule has 0 aromatic carbocycles. The topological polar surface area (TPSA) is 76.0 Å². The van der Waals surface area contributed by atoms with Crippen molar-refractivity contribution in [2.24, 2.45) is 0 Å². The number of aromatic nitrogens is 2. The minimum absolute atomic E-state index is 0.0336. The maximum atomic E-state index is 11.9. The van der Waals surface area contributed by atoms with Gasteiger partial charge in [0.2, 0.25) is 5.91 Å². The fourth-order valence-electron chi connectivity index (χ4n) is 1.78. The first kappa shape index (κ1) is 15.2. The zero-order valence-electron chi connectivity index (χ0n) is 12.2. The molecule has 0 unspecified atom stereocenters. The van der Waals surface area contributed by atoms with Crippen LogP contribution in [0.15, 0.2) is 6.07 Å². The van der Waals surface area contributed by atoms with Crippen LogP contribution in [-0.4, -0.2) is 34.7 Å². The minimum atomic E-state index is -0.336. The van der Waals surface area contributed by atoms with Crippen LogP contribution >= 0.6 is 0 Å². The lowest BCUT2D eigenvalue weighted by molar-refractivity contribution is -0.120. The van der Waals surface area contributed by atoms with E-state index >= 15 is 0 Å². The highest BCUT2D eigenvalue weighted by Gasteiger charge is 2.20. The number of hydrogen-bond acceptors (Lipinski definition) is 3. The lowest BCUT2D eigenvalue weighted by atomic mass is 10.1. The summed E-state index contributed by atoms with van der Waals surface area (Å²) in [5, 5.41) is 9.44. The molecular weight excluding hydrogens is 244 g/mol. The zero-order valence-corrected chi connectivity index (χ0v) is 12.2. The van der Waals surface area contributed by atoms with Gasteiger partial charge in [0.05, 0.1) is 12.1 Å². The van der Waals surface area contributed by atoms with Crippen molar-refractivity contribution in [3.8, 4) is 0 Å². The van der Waals surface area contributed by atoms with Gasteiger partial charge in [-0.2, -0.15) is 5.10 Å². The molecule has 0 spiro atoms. The number of carbonyl (C=O) groups is 2. The summed E-state index contributed by atoms with van der Waals surface area (Å²) in [5.41, 5.74) is 1.06. The van der Waals surface area contributed by atoms with E-state index in [1.54, 1.807) is 10.7 Å². The number of aryl methyl sites for hydroxylation is 1. The van der Waals surface area contributed by atoms with Crippen molar-refractivity contribution in [3.05, 3.63) is 17.5 Å². The number of nitrogens with zero attached hydrogens (tertiary/aromatic N) is 2. The SMILES string of the molecule is CCNC(=O)CNC(=O)c1cc(C)n(C(C)(C)C)n1. The van der Waals surface area contributed by atoms with Crippen molar-refractivity contribution in [2.75, 3.05) is 13.1 Å². The number of amides is 2. The monoisotopic (exact) mass is 266 g/mol. The van der Waals surface area contributed by atoms with Gasteiger partial charge in [-0.05, 0) is 40.7 Å². The van der Waals surface area contributed by atoms with E-state index in [1.165, 1.54) is 0 Å². The van der Waals surface area contributed by atoms with E-state index in [0.29, 0.717) is 12.2 Å². The van der Waals surface area contributed by atoms with E-state index < -0.39 is 0 Å². The van der Waals surface area contributed by atoms with Crippen LogP contribution in [0.3, 0.4) is 0 Å². The van der Waals surface area contributed by atoms with Gasteiger partial charge < -0.3 is 10.6 Å². The number of carbonyl (C=O) groups excluding carboxylic acids is 2. The van der Waals surface area contributed by atoms with E-state index in [-0.39, 0.29) is 23.9 Å². The molecular formula is C13H22N4O2. The number of nitrogens with one attached hydrogen (secondary N) is 2. The zero-order chi connectivity index (χ0) is 14.6.